The van der Waals surface area contributed by atoms with Gasteiger partial charge in [-0.2, -0.15) is 0 Å². The third-order valence-electron chi connectivity index (χ3n) is 19.3. The predicted molar refractivity (Wildman–Crippen MR) is 374 cm³/mol. The van der Waals surface area contributed by atoms with Gasteiger partial charge in [0.05, 0.1) is 18.0 Å². The maximum atomic E-state index is 13.1. The molecular formula is C76H100N5O13S-. The van der Waals surface area contributed by atoms with Crippen molar-refractivity contribution in [2.45, 2.75) is 243 Å². The number of urea groups is 1. The molecule has 0 radical (unpaired) electrons. The van der Waals surface area contributed by atoms with E-state index in [1.54, 1.807) is 6.07 Å². The van der Waals surface area contributed by atoms with Crippen LogP contribution >= 0.6 is 0 Å². The number of ketones is 3. The monoisotopic (exact) mass is 1320 g/mol. The molecule has 3 amide bonds. The molecule has 0 saturated carbocycles. The number of rotatable bonds is 38. The van der Waals surface area contributed by atoms with Gasteiger partial charge in [-0.05, 0) is 214 Å². The molecule has 1 aliphatic carbocycles. The number of amides is 3. The highest BCUT2D eigenvalue weighted by Crippen LogP contribution is 2.49. The summed E-state index contributed by atoms with van der Waals surface area (Å²) in [5.41, 5.74) is 11.4. The van der Waals surface area contributed by atoms with E-state index in [0.29, 0.717) is 93.9 Å². The van der Waals surface area contributed by atoms with Gasteiger partial charge in [-0.15, -0.1) is 0 Å². The van der Waals surface area contributed by atoms with Gasteiger partial charge in [0.25, 0.3) is 0 Å². The third kappa shape index (κ3) is 21.1. The molecule has 2 heterocycles. The molecule has 7 rings (SSSR count). The highest BCUT2D eigenvalue weighted by Gasteiger charge is 2.43. The summed E-state index contributed by atoms with van der Waals surface area (Å²) in [6.45, 7) is 17.6. The maximum absolute atomic E-state index is 13.1. The van der Waals surface area contributed by atoms with Gasteiger partial charge >= 0.3 is 23.9 Å². The number of hydrogen-bond acceptors (Lipinski definition) is 12. The molecule has 2 aliphatic heterocycles. The Kier molecular flexibility index (Phi) is 27.3. The van der Waals surface area contributed by atoms with Gasteiger partial charge in [-0.25, -0.2) is 9.59 Å². The van der Waals surface area contributed by atoms with E-state index in [0.717, 1.165) is 67.4 Å². The minimum atomic E-state index is -2.42. The summed E-state index contributed by atoms with van der Waals surface area (Å²) in [5, 5.41) is 43.7. The van der Waals surface area contributed by atoms with E-state index in [2.05, 4.69) is 141 Å². The molecule has 0 bridgehead atoms. The van der Waals surface area contributed by atoms with E-state index in [4.69, 9.17) is 5.11 Å². The number of aliphatic carboxylic acids is 3. The van der Waals surface area contributed by atoms with Crippen molar-refractivity contribution in [3.63, 3.8) is 0 Å². The van der Waals surface area contributed by atoms with Crippen LogP contribution in [0.4, 0.5) is 16.2 Å². The number of anilines is 2. The fourth-order valence-corrected chi connectivity index (χ4v) is 14.5. The Morgan fingerprint density at radius 3 is 1.99 bits per heavy atom. The molecule has 19 heteroatoms. The Bertz CT molecular complexity index is 3650. The van der Waals surface area contributed by atoms with Crippen molar-refractivity contribution in [3.05, 3.63) is 124 Å². The van der Waals surface area contributed by atoms with Gasteiger partial charge < -0.3 is 46.0 Å². The van der Waals surface area contributed by atoms with Crippen LogP contribution in [0.5, 0.6) is 0 Å². The van der Waals surface area contributed by atoms with Gasteiger partial charge in [-0.3, -0.25) is 33.0 Å². The van der Waals surface area contributed by atoms with Crippen molar-refractivity contribution < 1.29 is 62.4 Å². The van der Waals surface area contributed by atoms with Crippen molar-refractivity contribution in [3.8, 4) is 0 Å². The first kappa shape index (κ1) is 74.6. The Morgan fingerprint density at radius 2 is 1.32 bits per heavy atom. The van der Waals surface area contributed by atoms with E-state index in [1.165, 1.54) is 56.8 Å². The zero-order valence-corrected chi connectivity index (χ0v) is 57.8. The normalized spacial score (nSPS) is 17.6. The molecule has 514 valence electrons. The smallest absolute Gasteiger partial charge is 0.326 e. The second-order valence-electron chi connectivity index (χ2n) is 27.7. The summed E-state index contributed by atoms with van der Waals surface area (Å²) < 4.78 is 25.2. The van der Waals surface area contributed by atoms with Gasteiger partial charge in [0.15, 0.2) is 5.78 Å². The molecule has 4 aromatic rings. The minimum absolute atomic E-state index is 0.0128. The molecular weight excluding hydrogens is 1220 g/mol. The molecule has 5 unspecified atom stereocenters. The number of hydrogen-bond donors (Lipinski definition) is 7. The maximum Gasteiger partial charge on any atom is 0.326 e. The number of fused-ring (bicyclic) bond motifs is 4. The number of carboxylic acids is 3. The van der Waals surface area contributed by atoms with Crippen LogP contribution in [0.1, 0.15) is 217 Å². The number of benzene rings is 4. The standard InChI is InChI=1S/C76H101N5O13S/c1-48-38-50(3)59-46-61-65(45-56(59)39-48)78-68(75(61,5)6)33-30-52-22-21-23-53(42-52)31-34-69-76(7,8)62-44-55-40-49(2)41-67(95(93)94)60(55)47-66(62)81(69)37-20-12-16-26-57(83)25-15-11-13-24-54(72(88)89)43-58(84)27-14-9-10-17-29-70(85)77-36-19-18-28-64(73(90)91)80-74(92)79-63(51(4)82)32-35-71(86)87/h30-31,33-34,38-42,44-47,54,63-64,69,78H,9-29,32,35-37,43H2,1-8H3,(H,77,85)(H,86,87)(H,88,89)(H,90,91)(H,93,94)(H2,79,80,92)/p-1/b34-31+,52-30+,68-33+. The summed E-state index contributed by atoms with van der Waals surface area (Å²) in [6, 6.07) is 14.0. The Labute approximate surface area is 563 Å². The van der Waals surface area contributed by atoms with Crippen LogP contribution in [0.3, 0.4) is 0 Å². The van der Waals surface area contributed by atoms with Crippen LogP contribution in [-0.4, -0.2) is 102 Å². The van der Waals surface area contributed by atoms with Crippen LogP contribution in [0.2, 0.25) is 0 Å². The first-order valence-electron chi connectivity index (χ1n) is 34.2. The van der Waals surface area contributed by atoms with Gasteiger partial charge in [0, 0.05) is 84.4 Å². The lowest BCUT2D eigenvalue weighted by molar-refractivity contribution is -0.144. The van der Waals surface area contributed by atoms with E-state index < -0.39 is 58.8 Å². The number of carboxylic acid groups (broad SMARTS) is 3. The Balaban J connectivity index is 0.811. The largest absolute Gasteiger partial charge is 0.768 e. The summed E-state index contributed by atoms with van der Waals surface area (Å²) in [6.07, 6.45) is 23.7. The van der Waals surface area contributed by atoms with E-state index in [1.807, 2.05) is 6.92 Å². The lowest BCUT2D eigenvalue weighted by Gasteiger charge is -2.32. The van der Waals surface area contributed by atoms with Crippen LogP contribution in [0.15, 0.2) is 101 Å². The topological polar surface area (TPSA) is 289 Å². The molecule has 5 atom stereocenters. The van der Waals surface area contributed by atoms with Crippen molar-refractivity contribution in [2.75, 3.05) is 23.3 Å². The molecule has 18 nitrogen and oxygen atoms in total. The van der Waals surface area contributed by atoms with Crippen molar-refractivity contribution >= 4 is 91.2 Å². The highest BCUT2D eigenvalue weighted by molar-refractivity contribution is 7.79. The summed E-state index contributed by atoms with van der Waals surface area (Å²) in [4.78, 5) is 100.0. The number of Topliss-reactive ketones (excluding diaryl/α,β-unsaturated/α-hetero) is 3. The molecule has 4 aromatic carbocycles. The lowest BCUT2D eigenvalue weighted by Crippen LogP contribution is -2.50. The Hall–Kier alpha value is -7.77. The second-order valence-corrected chi connectivity index (χ2v) is 28.7. The quantitative estimate of drug-likeness (QED) is 0.0162. The SMILES string of the molecule is CC(=O)C(CCC(=O)O)NC(=O)NC(CCCCNC(=O)CCCCCCC(=O)CC(CCCCCC(=O)CCCCCN1c2cc3c(S(=O)[O-])cc(C)cc3cc2C(C)(C)C1/C=C/C1=CC(=C/C=C2/Nc3cc4cc(C)cc(C)c4cc3C2(C)C)/CCC1)C(=O)O)C(=O)O. The van der Waals surface area contributed by atoms with Gasteiger partial charge in [0.1, 0.15) is 17.6 Å². The predicted octanol–water partition coefficient (Wildman–Crippen LogP) is 14.4. The molecule has 0 fully saturated rings. The van der Waals surface area contributed by atoms with Gasteiger partial charge in [0.2, 0.25) is 5.91 Å². The van der Waals surface area contributed by atoms with E-state index in [-0.39, 0.29) is 72.9 Å². The van der Waals surface area contributed by atoms with Crippen molar-refractivity contribution in [1.29, 1.82) is 0 Å². The van der Waals surface area contributed by atoms with Crippen LogP contribution in [0.25, 0.3) is 21.5 Å². The average Bonchev–Trinajstić information content (AvgIpc) is 1.61. The molecule has 3 aliphatic rings. The highest BCUT2D eigenvalue weighted by atomic mass is 32.2. The number of unbranched alkanes of at least 4 members (excludes halogenated alkanes) is 8. The summed E-state index contributed by atoms with van der Waals surface area (Å²) >= 11 is -2.42. The van der Waals surface area contributed by atoms with Crippen LogP contribution < -0.4 is 26.2 Å². The molecule has 0 aromatic heterocycles. The number of nitrogens with zero attached hydrogens (tertiary/aromatic N) is 1. The van der Waals surface area contributed by atoms with E-state index in [9.17, 15) is 57.3 Å². The fraction of sp³-hybridized carbons (Fsp3) is 0.526. The van der Waals surface area contributed by atoms with Crippen LogP contribution in [-0.2, 0) is 55.5 Å². The number of carbonyl (C=O) groups excluding carboxylic acids is 5. The molecule has 0 spiro atoms. The van der Waals surface area contributed by atoms with Crippen molar-refractivity contribution in [2.24, 2.45) is 5.92 Å². The number of nitrogens with one attached hydrogen (secondary N) is 4. The minimum Gasteiger partial charge on any atom is -0.768 e. The van der Waals surface area contributed by atoms with Crippen LogP contribution in [0, 0.1) is 26.7 Å². The average molecular weight is 1320 g/mol. The van der Waals surface area contributed by atoms with Gasteiger partial charge in [-0.1, -0.05) is 108 Å². The molecule has 7 N–H and O–H groups in total. The second kappa shape index (κ2) is 34.8. The third-order valence-corrected chi connectivity index (χ3v) is 20.0. The summed E-state index contributed by atoms with van der Waals surface area (Å²) in [7, 11) is 0. The number of carbonyl (C=O) groups is 8. The number of allylic oxidation sites excluding steroid dienone is 7. The summed E-state index contributed by atoms with van der Waals surface area (Å²) in [5.74, 6) is -4.75. The molecule has 0 saturated heterocycles. The van der Waals surface area contributed by atoms with Crippen molar-refractivity contribution in [1.82, 2.24) is 16.0 Å². The van der Waals surface area contributed by atoms with E-state index >= 15 is 0 Å². The fourth-order valence-electron chi connectivity index (χ4n) is 13.8. The first-order chi connectivity index (χ1) is 45.1. The number of aryl methyl sites for hydroxylation is 3. The lowest BCUT2D eigenvalue weighted by atomic mass is 9.79. The Morgan fingerprint density at radius 1 is 0.674 bits per heavy atom. The zero-order chi connectivity index (χ0) is 69.1. The molecule has 95 heavy (non-hydrogen) atoms. The zero-order valence-electron chi connectivity index (χ0n) is 57.0. The first-order valence-corrected chi connectivity index (χ1v) is 35.3.